The van der Waals surface area contributed by atoms with Crippen LogP contribution in [-0.2, 0) is 15.0 Å². The van der Waals surface area contributed by atoms with Crippen LogP contribution in [0, 0.1) is 10.1 Å². The Kier molecular flexibility index (Phi) is 22.4. The van der Waals surface area contributed by atoms with Crippen LogP contribution in [0.4, 0.5) is 0 Å². The zero-order chi connectivity index (χ0) is 12.6. The first-order valence-corrected chi connectivity index (χ1v) is 5.01. The van der Waals surface area contributed by atoms with Gasteiger partial charge >= 0.3 is 18.2 Å². The van der Waals surface area contributed by atoms with E-state index in [0.717, 1.165) is 0 Å². The van der Waals surface area contributed by atoms with E-state index >= 15 is 0 Å². The maximum Gasteiger partial charge on any atom is 0.466 e. The fourth-order valence-electron chi connectivity index (χ4n) is 0. The van der Waals surface area contributed by atoms with Crippen LogP contribution < -0.4 is 12.3 Å². The minimum Gasteiger partial charge on any atom is -0.344 e. The number of nitrogens with zero attached hydrogens (tertiary/aromatic N) is 1. The smallest absolute Gasteiger partial charge is 0.344 e. The van der Waals surface area contributed by atoms with Crippen molar-refractivity contribution in [1.82, 2.24) is 12.3 Å². The van der Waals surface area contributed by atoms with Gasteiger partial charge in [0.05, 0.1) is 0 Å². The molecule has 0 aromatic carbocycles. The molecule has 0 aliphatic carbocycles. The Morgan fingerprint density at radius 1 is 1.06 bits per heavy atom. The number of rotatable bonds is 0. The van der Waals surface area contributed by atoms with Gasteiger partial charge in [0.2, 0.25) is 0 Å². The van der Waals surface area contributed by atoms with E-state index in [2.05, 4.69) is 0 Å². The van der Waals surface area contributed by atoms with Gasteiger partial charge in [0, 0.05) is 0 Å². The van der Waals surface area contributed by atoms with E-state index in [0.29, 0.717) is 0 Å². The molecule has 0 saturated heterocycles. The molecule has 0 saturated carbocycles. The van der Waals surface area contributed by atoms with Crippen LogP contribution in [0.3, 0.4) is 0 Å². The Bertz CT molecular complexity index is 266. The van der Waals surface area contributed by atoms with Crippen molar-refractivity contribution in [1.29, 1.82) is 0 Å². The van der Waals surface area contributed by atoms with Crippen LogP contribution in [0.5, 0.6) is 0 Å². The Morgan fingerprint density at radius 3 is 1.06 bits per heavy atom. The zero-order valence-corrected chi connectivity index (χ0v) is 9.15. The Morgan fingerprint density at radius 2 is 1.06 bits per heavy atom. The first-order valence-electron chi connectivity index (χ1n) is 2.05. The van der Waals surface area contributed by atoms with Crippen LogP contribution in [-0.4, -0.2) is 42.5 Å². The average molecular weight is 293 g/mol. The topological polar surface area (TPSA) is 286 Å². The second-order valence-corrected chi connectivity index (χ2v) is 3.12. The van der Waals surface area contributed by atoms with Gasteiger partial charge in [-0.3, -0.25) is 9.11 Å². The molecule has 14 nitrogen and oxygen atoms in total. The van der Waals surface area contributed by atoms with E-state index in [1.54, 1.807) is 0 Å². The lowest BCUT2D eigenvalue weighted by Crippen LogP contribution is -1.89. The monoisotopic (exact) mass is 293 g/mol. The largest absolute Gasteiger partial charge is 0.466 e. The van der Waals surface area contributed by atoms with E-state index in [1.165, 1.54) is 0 Å². The fourth-order valence-corrected chi connectivity index (χ4v) is 0. The fraction of sp³-hybridized carbons (Fsp3) is 0. The van der Waals surface area contributed by atoms with Crippen LogP contribution in [0.25, 0.3) is 0 Å². The number of hydrogen-bond donors (Lipinski definition) is 8. The molecule has 16 heteroatoms. The maximum absolute atomic E-state index is 8.88. The summed E-state index contributed by atoms with van der Waals surface area (Å²) >= 11 is 0. The lowest BCUT2D eigenvalue weighted by atomic mass is 13.1. The van der Waals surface area contributed by atoms with Crippen molar-refractivity contribution in [3.8, 4) is 0 Å². The third kappa shape index (κ3) is 2370. The first-order chi connectivity index (χ1) is 5.73. The number of phosphoric acid groups is 1. The van der Waals surface area contributed by atoms with Crippen molar-refractivity contribution in [2.75, 3.05) is 0 Å². The second-order valence-electron chi connectivity index (χ2n) is 1.20. The lowest BCUT2D eigenvalue weighted by molar-refractivity contribution is -0.742. The van der Waals surface area contributed by atoms with Crippen molar-refractivity contribution < 1.29 is 47.1 Å². The molecular formula is H12N3O11PS. The molecule has 104 valence electrons. The standard InChI is InChI=1S/HNO3.2H3N.H3O4P.H2O4S/c2-1(3)4;;;2*1-5(2,3)4/h(H,2,3,4);2*1H3;(H3,1,2,3,4);(H2,1,2,3,4). The molecule has 0 spiro atoms. The molecule has 0 fully saturated rings. The highest BCUT2D eigenvalue weighted by atomic mass is 32.3. The Hall–Kier alpha value is -0.900. The quantitative estimate of drug-likeness (QED) is 0.108. The summed E-state index contributed by atoms with van der Waals surface area (Å²) in [5.41, 5.74) is 0. The van der Waals surface area contributed by atoms with Crippen LogP contribution in [0.1, 0.15) is 0 Å². The predicted molar refractivity (Wildman–Crippen MR) is 47.3 cm³/mol. The van der Waals surface area contributed by atoms with Gasteiger partial charge < -0.3 is 32.2 Å². The van der Waals surface area contributed by atoms with E-state index in [4.69, 9.17) is 52.1 Å². The molecule has 0 rings (SSSR count). The highest BCUT2D eigenvalue weighted by Gasteiger charge is 2.00. The summed E-state index contributed by atoms with van der Waals surface area (Å²) in [5.74, 6) is 0. The molecular weight excluding hydrogens is 281 g/mol. The van der Waals surface area contributed by atoms with Crippen molar-refractivity contribution in [3.05, 3.63) is 10.1 Å². The van der Waals surface area contributed by atoms with Gasteiger partial charge in [-0.05, 0) is 0 Å². The van der Waals surface area contributed by atoms with E-state index in [1.807, 2.05) is 0 Å². The summed E-state index contributed by atoms with van der Waals surface area (Å²) in [6.45, 7) is 0. The lowest BCUT2D eigenvalue weighted by Gasteiger charge is -1.82. The van der Waals surface area contributed by atoms with Crippen molar-refractivity contribution >= 4 is 18.2 Å². The second kappa shape index (κ2) is 12.2. The van der Waals surface area contributed by atoms with Gasteiger partial charge in [-0.2, -0.15) is 8.42 Å². The summed E-state index contributed by atoms with van der Waals surface area (Å²) in [7, 11) is -9.31. The molecule has 16 heavy (non-hydrogen) atoms. The highest BCUT2D eigenvalue weighted by Crippen LogP contribution is 2.25. The molecule has 0 aromatic rings. The van der Waals surface area contributed by atoms with Crippen LogP contribution >= 0.6 is 7.82 Å². The molecule has 0 heterocycles. The molecule has 0 unspecified atom stereocenters. The van der Waals surface area contributed by atoms with Gasteiger partial charge in [0.1, 0.15) is 0 Å². The Labute approximate surface area is 88.6 Å². The molecule has 0 aliphatic rings. The molecule has 12 N–H and O–H groups in total. The number of hydrogen-bond acceptors (Lipinski definition) is 7. The van der Waals surface area contributed by atoms with Crippen molar-refractivity contribution in [2.45, 2.75) is 0 Å². The van der Waals surface area contributed by atoms with Crippen molar-refractivity contribution in [2.24, 2.45) is 0 Å². The highest BCUT2D eigenvalue weighted by molar-refractivity contribution is 7.79. The average Bonchev–Trinajstić information content (AvgIpc) is 1.45. The van der Waals surface area contributed by atoms with Crippen LogP contribution in [0.2, 0.25) is 0 Å². The summed E-state index contributed by atoms with van der Waals surface area (Å²) in [6, 6.07) is 0. The minimum absolute atomic E-state index is 0. The maximum atomic E-state index is 8.88. The van der Waals surface area contributed by atoms with E-state index < -0.39 is 23.3 Å². The molecule has 0 radical (unpaired) electrons. The molecule has 0 amide bonds. The van der Waals surface area contributed by atoms with Gasteiger partial charge in [0.25, 0.3) is 5.09 Å². The summed E-state index contributed by atoms with van der Waals surface area (Å²) < 4.78 is 40.5. The van der Waals surface area contributed by atoms with Crippen molar-refractivity contribution in [3.63, 3.8) is 0 Å². The van der Waals surface area contributed by atoms with Crippen LogP contribution in [0.15, 0.2) is 0 Å². The van der Waals surface area contributed by atoms with Gasteiger partial charge in [-0.1, -0.05) is 0 Å². The van der Waals surface area contributed by atoms with E-state index in [-0.39, 0.29) is 12.3 Å². The zero-order valence-electron chi connectivity index (χ0n) is 7.44. The molecule has 0 aromatic heterocycles. The molecule has 0 aliphatic heterocycles. The summed E-state index contributed by atoms with van der Waals surface area (Å²) in [6.07, 6.45) is 0. The summed E-state index contributed by atoms with van der Waals surface area (Å²) in [5, 5.41) is 13.6. The van der Waals surface area contributed by atoms with E-state index in [9.17, 15) is 0 Å². The SMILES string of the molecule is N.N.O=P(O)(O)O.O=S(=O)(O)O.O=[N+]([O-])O. The Balaban J connectivity index is -0.0000000358. The van der Waals surface area contributed by atoms with Gasteiger partial charge in [-0.25, -0.2) is 4.57 Å². The third-order valence-electron chi connectivity index (χ3n) is 0. The minimum atomic E-state index is -4.67. The molecule has 0 atom stereocenters. The normalized spacial score (nSPS) is 8.81. The van der Waals surface area contributed by atoms with Gasteiger partial charge in [0.15, 0.2) is 0 Å². The predicted octanol–water partition coefficient (Wildman–Crippen LogP) is -1.61. The first kappa shape index (κ1) is 29.4. The van der Waals surface area contributed by atoms with Gasteiger partial charge in [-0.15, -0.1) is 10.1 Å². The molecule has 0 bridgehead atoms. The third-order valence-corrected chi connectivity index (χ3v) is 0. The summed E-state index contributed by atoms with van der Waals surface area (Å²) in [4.78, 5) is 29.9.